The van der Waals surface area contributed by atoms with Crippen LogP contribution in [0.1, 0.15) is 48.6 Å². The van der Waals surface area contributed by atoms with Crippen molar-refractivity contribution in [1.29, 1.82) is 0 Å². The molecule has 0 bridgehead atoms. The number of nitrogens with one attached hydrogen (secondary N) is 1. The predicted octanol–water partition coefficient (Wildman–Crippen LogP) is 4.32. The van der Waals surface area contributed by atoms with E-state index in [4.69, 9.17) is 4.98 Å². The Kier molecular flexibility index (Phi) is 6.39. The van der Waals surface area contributed by atoms with Crippen molar-refractivity contribution >= 4 is 22.6 Å². The number of amides is 1. The largest absolute Gasteiger partial charge is 0.324 e. The Labute approximate surface area is 184 Å². The van der Waals surface area contributed by atoms with E-state index in [1.165, 1.54) is 0 Å². The zero-order chi connectivity index (χ0) is 22.0. The Morgan fingerprint density at radius 1 is 1.06 bits per heavy atom. The second kappa shape index (κ2) is 9.20. The minimum absolute atomic E-state index is 0.0969. The number of benzene rings is 2. The number of piperazine rings is 1. The number of carbonyl (C=O) groups excluding carboxylic acids is 1. The lowest BCUT2D eigenvalue weighted by atomic mass is 10.1. The number of aromatic nitrogens is 2. The number of carbonyl (C=O) groups is 1. The number of imidazole rings is 1. The minimum atomic E-state index is -0.0969. The molecule has 0 atom stereocenters. The van der Waals surface area contributed by atoms with E-state index in [1.807, 2.05) is 43.3 Å². The van der Waals surface area contributed by atoms with Gasteiger partial charge in [-0.1, -0.05) is 24.6 Å². The lowest BCUT2D eigenvalue weighted by Gasteiger charge is -2.34. The van der Waals surface area contributed by atoms with Gasteiger partial charge in [0.1, 0.15) is 5.82 Å². The van der Waals surface area contributed by atoms with Crippen molar-refractivity contribution in [3.63, 3.8) is 0 Å². The van der Waals surface area contributed by atoms with Gasteiger partial charge in [0.15, 0.2) is 0 Å². The van der Waals surface area contributed by atoms with Gasteiger partial charge in [0.05, 0.1) is 17.6 Å². The molecule has 0 saturated carbocycles. The van der Waals surface area contributed by atoms with Crippen molar-refractivity contribution in [2.24, 2.45) is 0 Å². The number of rotatable bonds is 6. The molecule has 0 unspecified atom stereocenters. The fourth-order valence-corrected chi connectivity index (χ4v) is 4.37. The molecule has 2 heterocycles. The molecule has 1 aromatic heterocycles. The number of hydrogen-bond donors (Lipinski definition) is 1. The summed E-state index contributed by atoms with van der Waals surface area (Å²) in [6.07, 6.45) is 0. The van der Waals surface area contributed by atoms with Crippen LogP contribution in [0, 0.1) is 6.92 Å². The standard InChI is InChI=1S/C25H33N5O/c1-5-28-11-13-29(14-12-28)17-24-27-22-16-21(9-10-23(22)30(24)18(2)3)26-25(31)20-8-6-7-19(4)15-20/h6-10,15-16,18H,5,11-14,17H2,1-4H3,(H,26,31). The van der Waals surface area contributed by atoms with Crippen LogP contribution in [-0.4, -0.2) is 58.0 Å². The summed E-state index contributed by atoms with van der Waals surface area (Å²) in [4.78, 5) is 22.6. The van der Waals surface area contributed by atoms with Crippen molar-refractivity contribution in [2.75, 3.05) is 38.0 Å². The fraction of sp³-hybridized carbons (Fsp3) is 0.440. The minimum Gasteiger partial charge on any atom is -0.324 e. The third-order valence-electron chi connectivity index (χ3n) is 6.09. The van der Waals surface area contributed by atoms with E-state index in [0.29, 0.717) is 11.6 Å². The zero-order valence-electron chi connectivity index (χ0n) is 19.1. The summed E-state index contributed by atoms with van der Waals surface area (Å²) in [5.41, 5.74) is 4.56. The smallest absolute Gasteiger partial charge is 0.255 e. The number of fused-ring (bicyclic) bond motifs is 1. The van der Waals surface area contributed by atoms with Crippen LogP contribution >= 0.6 is 0 Å². The summed E-state index contributed by atoms with van der Waals surface area (Å²) < 4.78 is 2.33. The second-order valence-corrected chi connectivity index (χ2v) is 8.73. The average molecular weight is 420 g/mol. The molecule has 4 rings (SSSR count). The molecule has 6 nitrogen and oxygen atoms in total. The van der Waals surface area contributed by atoms with Crippen LogP contribution in [0.15, 0.2) is 42.5 Å². The van der Waals surface area contributed by atoms with Crippen LogP contribution < -0.4 is 5.32 Å². The first-order valence-electron chi connectivity index (χ1n) is 11.3. The summed E-state index contributed by atoms with van der Waals surface area (Å²) in [5.74, 6) is 0.998. The first-order chi connectivity index (χ1) is 14.9. The molecule has 1 fully saturated rings. The van der Waals surface area contributed by atoms with Crippen molar-refractivity contribution in [3.05, 3.63) is 59.4 Å². The summed E-state index contributed by atoms with van der Waals surface area (Å²) in [6.45, 7) is 15.0. The van der Waals surface area contributed by atoms with Crippen molar-refractivity contribution in [3.8, 4) is 0 Å². The number of hydrogen-bond acceptors (Lipinski definition) is 4. The lowest BCUT2D eigenvalue weighted by molar-refractivity contribution is 0.102. The van der Waals surface area contributed by atoms with E-state index >= 15 is 0 Å². The van der Waals surface area contributed by atoms with Gasteiger partial charge in [-0.15, -0.1) is 0 Å². The maximum atomic E-state index is 12.6. The Morgan fingerprint density at radius 2 is 1.81 bits per heavy atom. The van der Waals surface area contributed by atoms with Gasteiger partial charge in [0.2, 0.25) is 0 Å². The molecule has 1 saturated heterocycles. The van der Waals surface area contributed by atoms with E-state index in [0.717, 1.165) is 67.4 Å². The first-order valence-corrected chi connectivity index (χ1v) is 11.3. The molecule has 1 amide bonds. The summed E-state index contributed by atoms with van der Waals surface area (Å²) in [6, 6.07) is 14.0. The molecule has 0 spiro atoms. The van der Waals surface area contributed by atoms with Gasteiger partial charge in [-0.05, 0) is 57.6 Å². The fourth-order valence-electron chi connectivity index (χ4n) is 4.37. The lowest BCUT2D eigenvalue weighted by Crippen LogP contribution is -2.45. The Hall–Kier alpha value is -2.70. The topological polar surface area (TPSA) is 53.4 Å². The maximum Gasteiger partial charge on any atom is 0.255 e. The molecule has 3 aromatic rings. The SMILES string of the molecule is CCN1CCN(Cc2nc3cc(NC(=O)c4cccc(C)c4)ccc3n2C(C)C)CC1. The molecular formula is C25H33N5O. The summed E-state index contributed by atoms with van der Waals surface area (Å²) in [7, 11) is 0. The third kappa shape index (κ3) is 4.81. The van der Waals surface area contributed by atoms with Crippen molar-refractivity contribution < 1.29 is 4.79 Å². The highest BCUT2D eigenvalue weighted by atomic mass is 16.1. The van der Waals surface area contributed by atoms with Crippen LogP contribution in [0.4, 0.5) is 5.69 Å². The van der Waals surface area contributed by atoms with E-state index in [-0.39, 0.29) is 5.91 Å². The van der Waals surface area contributed by atoms with Crippen LogP contribution in [0.5, 0.6) is 0 Å². The third-order valence-corrected chi connectivity index (χ3v) is 6.09. The molecule has 1 aliphatic rings. The van der Waals surface area contributed by atoms with Crippen molar-refractivity contribution in [2.45, 2.75) is 40.3 Å². The highest BCUT2D eigenvalue weighted by Crippen LogP contribution is 2.25. The van der Waals surface area contributed by atoms with E-state index in [1.54, 1.807) is 0 Å². The van der Waals surface area contributed by atoms with Crippen LogP contribution in [0.3, 0.4) is 0 Å². The normalized spacial score (nSPS) is 15.6. The van der Waals surface area contributed by atoms with Gasteiger partial charge in [-0.25, -0.2) is 4.98 Å². The van der Waals surface area contributed by atoms with Gasteiger partial charge in [-0.3, -0.25) is 9.69 Å². The van der Waals surface area contributed by atoms with Gasteiger partial charge in [-0.2, -0.15) is 0 Å². The molecule has 1 aliphatic heterocycles. The van der Waals surface area contributed by atoms with Gasteiger partial charge in [0, 0.05) is 43.5 Å². The zero-order valence-corrected chi connectivity index (χ0v) is 19.1. The molecule has 31 heavy (non-hydrogen) atoms. The van der Waals surface area contributed by atoms with Gasteiger partial charge < -0.3 is 14.8 Å². The van der Waals surface area contributed by atoms with Gasteiger partial charge in [0.25, 0.3) is 5.91 Å². The quantitative estimate of drug-likeness (QED) is 0.647. The monoisotopic (exact) mass is 419 g/mol. The Balaban J connectivity index is 1.56. The number of aryl methyl sites for hydroxylation is 1. The van der Waals surface area contributed by atoms with Crippen LogP contribution in [-0.2, 0) is 6.54 Å². The van der Waals surface area contributed by atoms with E-state index < -0.39 is 0 Å². The number of likely N-dealkylation sites (N-methyl/N-ethyl adjacent to an activating group) is 1. The predicted molar refractivity (Wildman–Crippen MR) is 127 cm³/mol. The molecule has 2 aromatic carbocycles. The molecular weight excluding hydrogens is 386 g/mol. The first kappa shape index (κ1) is 21.5. The molecule has 0 radical (unpaired) electrons. The Bertz CT molecular complexity index is 1060. The Morgan fingerprint density at radius 3 is 2.48 bits per heavy atom. The highest BCUT2D eigenvalue weighted by Gasteiger charge is 2.20. The summed E-state index contributed by atoms with van der Waals surface area (Å²) in [5, 5.41) is 3.02. The van der Waals surface area contributed by atoms with Gasteiger partial charge >= 0.3 is 0 Å². The van der Waals surface area contributed by atoms with Crippen LogP contribution in [0.2, 0.25) is 0 Å². The number of nitrogens with zero attached hydrogens (tertiary/aromatic N) is 4. The van der Waals surface area contributed by atoms with Crippen molar-refractivity contribution in [1.82, 2.24) is 19.4 Å². The van der Waals surface area contributed by atoms with E-state index in [2.05, 4.69) is 46.5 Å². The second-order valence-electron chi connectivity index (χ2n) is 8.73. The molecule has 1 N–H and O–H groups in total. The molecule has 0 aliphatic carbocycles. The average Bonchev–Trinajstić information content (AvgIpc) is 3.11. The number of anilines is 1. The maximum absolute atomic E-state index is 12.6. The molecule has 164 valence electrons. The van der Waals surface area contributed by atoms with Crippen LogP contribution in [0.25, 0.3) is 11.0 Å². The highest BCUT2D eigenvalue weighted by molar-refractivity contribution is 6.05. The molecule has 6 heteroatoms. The van der Waals surface area contributed by atoms with E-state index in [9.17, 15) is 4.79 Å². The summed E-state index contributed by atoms with van der Waals surface area (Å²) >= 11 is 0.